The van der Waals surface area contributed by atoms with Crippen LogP contribution in [0.1, 0.15) is 95.0 Å². The van der Waals surface area contributed by atoms with Gasteiger partial charge in [0.2, 0.25) is 0 Å². The normalized spacial score (nSPS) is 16.0. The van der Waals surface area contributed by atoms with E-state index in [2.05, 4.69) is 38.0 Å². The van der Waals surface area contributed by atoms with Gasteiger partial charge in [-0.3, -0.25) is 0 Å². The average Bonchev–Trinajstić information content (AvgIpc) is 3.42. The second kappa shape index (κ2) is 16.1. The molecule has 0 saturated carbocycles. The number of piperidine rings is 1. The number of esters is 1. The van der Waals surface area contributed by atoms with Crippen molar-refractivity contribution in [2.45, 2.75) is 111 Å². The molecule has 48 heavy (non-hydrogen) atoms. The Bertz CT molecular complexity index is 1570. The van der Waals surface area contributed by atoms with Gasteiger partial charge in [0.1, 0.15) is 11.6 Å². The molecule has 262 valence electrons. The highest BCUT2D eigenvalue weighted by molar-refractivity contribution is 5.80. The summed E-state index contributed by atoms with van der Waals surface area (Å²) in [5.74, 6) is 1.11. The summed E-state index contributed by atoms with van der Waals surface area (Å²) in [4.78, 5) is 20.7. The van der Waals surface area contributed by atoms with Gasteiger partial charge in [-0.05, 0) is 74.3 Å². The summed E-state index contributed by atoms with van der Waals surface area (Å²) in [6.45, 7) is 26.1. The predicted octanol–water partition coefficient (Wildman–Crippen LogP) is 7.39. The van der Waals surface area contributed by atoms with Gasteiger partial charge >= 0.3 is 5.97 Å². The Labute approximate surface area is 286 Å². The quantitative estimate of drug-likeness (QED) is 0.115. The maximum Gasteiger partial charge on any atom is 0.340 e. The molecular weight excluding hydrogens is 608 g/mol. The number of fused-ring (bicyclic) bond motifs is 1. The molecule has 0 bridgehead atoms. The zero-order valence-corrected chi connectivity index (χ0v) is 30.1. The number of ether oxygens (including phenoxy) is 5. The molecule has 0 amide bonds. The lowest BCUT2D eigenvalue weighted by Gasteiger charge is -2.41. The van der Waals surface area contributed by atoms with Crippen molar-refractivity contribution in [2.24, 2.45) is 0 Å². The van der Waals surface area contributed by atoms with Gasteiger partial charge in [-0.25, -0.2) is 9.78 Å². The third-order valence-electron chi connectivity index (χ3n) is 8.31. The number of anilines is 1. The first-order valence-corrected chi connectivity index (χ1v) is 17.0. The van der Waals surface area contributed by atoms with Crippen LogP contribution in [0.3, 0.4) is 0 Å². The summed E-state index contributed by atoms with van der Waals surface area (Å²) in [6, 6.07) is 8.05. The van der Waals surface area contributed by atoms with Gasteiger partial charge < -0.3 is 28.6 Å². The molecule has 3 heterocycles. The molecule has 2 atom stereocenters. The zero-order chi connectivity index (χ0) is 35.1. The maximum atomic E-state index is 13.5. The van der Waals surface area contributed by atoms with Crippen molar-refractivity contribution in [2.75, 3.05) is 31.2 Å². The summed E-state index contributed by atoms with van der Waals surface area (Å²) in [5.41, 5.74) is 3.91. The van der Waals surface area contributed by atoms with E-state index in [-0.39, 0.29) is 24.9 Å². The highest BCUT2D eigenvalue weighted by Gasteiger charge is 2.38. The monoisotopic (exact) mass is 662 g/mol. The van der Waals surface area contributed by atoms with Gasteiger partial charge in [0.15, 0.2) is 11.8 Å². The Balaban J connectivity index is 1.70. The van der Waals surface area contributed by atoms with E-state index in [1.54, 1.807) is 13.0 Å². The van der Waals surface area contributed by atoms with Gasteiger partial charge in [-0.1, -0.05) is 29.8 Å². The maximum absolute atomic E-state index is 13.5. The lowest BCUT2D eigenvalue weighted by atomic mass is 9.92. The standard InChI is InChI=1S/C38H54N4O6/c1-11-14-27(5)47-31-16-15-26(4)22-29(31)24-44-25-30-23-32-39-28(6)33(34(36(43)45-13-3)48-37(7,8)9)35(42(32)40-30)41-19-17-38(10,18-20-41)46-21-12-2/h11-12,15-16,22-23,27,34H,1-2,13-14,17-21,24-25H2,3-10H3/t27-,34-/m0/s1. The molecule has 4 rings (SSSR count). The van der Waals surface area contributed by atoms with E-state index in [4.69, 9.17) is 33.8 Å². The fourth-order valence-corrected chi connectivity index (χ4v) is 5.94. The number of hydrogen-bond acceptors (Lipinski definition) is 9. The van der Waals surface area contributed by atoms with E-state index in [1.165, 1.54) is 0 Å². The first-order valence-electron chi connectivity index (χ1n) is 17.0. The van der Waals surface area contributed by atoms with Crippen LogP contribution < -0.4 is 9.64 Å². The van der Waals surface area contributed by atoms with Gasteiger partial charge in [-0.2, -0.15) is 9.61 Å². The molecular formula is C38H54N4O6. The van der Waals surface area contributed by atoms with Gasteiger partial charge in [0.05, 0.1) is 55.0 Å². The number of carbonyl (C=O) groups is 1. The van der Waals surface area contributed by atoms with Gasteiger partial charge in [-0.15, -0.1) is 13.2 Å². The molecule has 1 fully saturated rings. The van der Waals surface area contributed by atoms with Crippen LogP contribution in [0.15, 0.2) is 49.6 Å². The molecule has 1 aliphatic heterocycles. The molecule has 2 aromatic heterocycles. The van der Waals surface area contributed by atoms with Crippen LogP contribution in [-0.4, -0.2) is 64.2 Å². The molecule has 0 aliphatic carbocycles. The topological polar surface area (TPSA) is 96.7 Å². The van der Waals surface area contributed by atoms with Crippen LogP contribution in [0.25, 0.3) is 5.65 Å². The molecule has 10 heteroatoms. The van der Waals surface area contributed by atoms with E-state index >= 15 is 0 Å². The predicted molar refractivity (Wildman–Crippen MR) is 189 cm³/mol. The first kappa shape index (κ1) is 37.1. The summed E-state index contributed by atoms with van der Waals surface area (Å²) >= 11 is 0. The van der Waals surface area contributed by atoms with E-state index in [1.807, 2.05) is 63.4 Å². The minimum atomic E-state index is -0.991. The highest BCUT2D eigenvalue weighted by Crippen LogP contribution is 2.38. The molecule has 1 saturated heterocycles. The summed E-state index contributed by atoms with van der Waals surface area (Å²) in [5, 5.41) is 5.00. The van der Waals surface area contributed by atoms with Crippen molar-refractivity contribution in [3.63, 3.8) is 0 Å². The van der Waals surface area contributed by atoms with Crippen LogP contribution in [0.4, 0.5) is 5.82 Å². The van der Waals surface area contributed by atoms with Crippen LogP contribution in [0, 0.1) is 13.8 Å². The minimum absolute atomic E-state index is 0.00577. The van der Waals surface area contributed by atoms with E-state index in [9.17, 15) is 4.79 Å². The number of hydrogen-bond donors (Lipinski definition) is 0. The van der Waals surface area contributed by atoms with Crippen LogP contribution >= 0.6 is 0 Å². The third-order valence-corrected chi connectivity index (χ3v) is 8.31. The number of rotatable bonds is 16. The van der Waals surface area contributed by atoms with Crippen molar-refractivity contribution < 1.29 is 28.5 Å². The minimum Gasteiger partial charge on any atom is -0.490 e. The zero-order valence-electron chi connectivity index (χ0n) is 30.1. The van der Waals surface area contributed by atoms with Crippen LogP contribution in [0.2, 0.25) is 0 Å². The summed E-state index contributed by atoms with van der Waals surface area (Å²) in [6.07, 6.45) is 4.98. The van der Waals surface area contributed by atoms with Crippen LogP contribution in [-0.2, 0) is 37.0 Å². The van der Waals surface area contributed by atoms with Crippen molar-refractivity contribution in [1.29, 1.82) is 0 Å². The third kappa shape index (κ3) is 9.45. The number of nitrogens with zero attached hydrogens (tertiary/aromatic N) is 4. The number of aromatic nitrogens is 3. The van der Waals surface area contributed by atoms with E-state index in [0.29, 0.717) is 43.2 Å². The Hall–Kier alpha value is -3.73. The molecule has 10 nitrogen and oxygen atoms in total. The second-order valence-corrected chi connectivity index (χ2v) is 13.8. The molecule has 0 radical (unpaired) electrons. The summed E-state index contributed by atoms with van der Waals surface area (Å²) < 4.78 is 32.3. The number of aryl methyl sites for hydroxylation is 2. The smallest absolute Gasteiger partial charge is 0.340 e. The molecule has 0 spiro atoms. The fraction of sp³-hybridized carbons (Fsp3) is 0.553. The van der Waals surface area contributed by atoms with E-state index in [0.717, 1.165) is 47.7 Å². The Morgan fingerprint density at radius 3 is 2.48 bits per heavy atom. The molecule has 0 N–H and O–H groups in total. The van der Waals surface area contributed by atoms with Gasteiger partial charge in [0.25, 0.3) is 0 Å². The molecule has 0 unspecified atom stereocenters. The second-order valence-electron chi connectivity index (χ2n) is 13.8. The van der Waals surface area contributed by atoms with Crippen molar-refractivity contribution in [3.05, 3.63) is 77.7 Å². The molecule has 1 aliphatic rings. The largest absolute Gasteiger partial charge is 0.490 e. The van der Waals surface area contributed by atoms with Crippen molar-refractivity contribution in [1.82, 2.24) is 14.6 Å². The number of benzene rings is 1. The Kier molecular flexibility index (Phi) is 12.5. The SMILES string of the molecule is C=CCOC1(C)CCN(c2c([C@H](OC(C)(C)C)C(=O)OCC)c(C)nc3cc(COCc4cc(C)ccc4O[C@@H](C)CC=C)nn23)CC1. The van der Waals surface area contributed by atoms with Crippen molar-refractivity contribution in [3.8, 4) is 5.75 Å². The molecule has 1 aromatic carbocycles. The first-order chi connectivity index (χ1) is 22.8. The Morgan fingerprint density at radius 2 is 1.83 bits per heavy atom. The Morgan fingerprint density at radius 1 is 1.10 bits per heavy atom. The summed E-state index contributed by atoms with van der Waals surface area (Å²) in [7, 11) is 0. The fourth-order valence-electron chi connectivity index (χ4n) is 5.94. The average molecular weight is 663 g/mol. The lowest BCUT2D eigenvalue weighted by Crippen LogP contribution is -2.45. The number of carbonyl (C=O) groups excluding carboxylic acids is 1. The highest BCUT2D eigenvalue weighted by atomic mass is 16.6. The van der Waals surface area contributed by atoms with Crippen molar-refractivity contribution >= 4 is 17.4 Å². The van der Waals surface area contributed by atoms with E-state index < -0.39 is 17.7 Å². The lowest BCUT2D eigenvalue weighted by molar-refractivity contribution is -0.166. The van der Waals surface area contributed by atoms with Crippen LogP contribution in [0.5, 0.6) is 5.75 Å². The molecule has 3 aromatic rings. The van der Waals surface area contributed by atoms with Gasteiger partial charge in [0, 0.05) is 36.8 Å².